The highest BCUT2D eigenvalue weighted by atomic mass is 32.2. The molecule has 4 rings (SSSR count). The molecule has 1 atom stereocenters. The number of nitrogens with one attached hydrogen (secondary N) is 3. The predicted molar refractivity (Wildman–Crippen MR) is 156 cm³/mol. The molecule has 36 heavy (non-hydrogen) atoms. The zero-order valence-electron chi connectivity index (χ0n) is 20.7. The number of nitriles is 1. The van der Waals surface area contributed by atoms with Crippen molar-refractivity contribution in [3.63, 3.8) is 0 Å². The molecular weight excluding hydrogens is 505 g/mol. The van der Waals surface area contributed by atoms with Crippen LogP contribution in [-0.2, 0) is 17.6 Å². The monoisotopic (exact) mass is 534 g/mol. The first kappa shape index (κ1) is 26.2. The second-order valence-corrected chi connectivity index (χ2v) is 12.5. The molecule has 0 aliphatic heterocycles. The summed E-state index contributed by atoms with van der Waals surface area (Å²) in [5.41, 5.74) is 3.77. The van der Waals surface area contributed by atoms with Crippen molar-refractivity contribution >= 4 is 62.7 Å². The Hall–Kier alpha value is -2.86. The Morgan fingerprint density at radius 3 is 2.56 bits per heavy atom. The lowest BCUT2D eigenvalue weighted by Gasteiger charge is -2.33. The Kier molecular flexibility index (Phi) is 8.35. The fourth-order valence-corrected chi connectivity index (χ4v) is 6.61. The molecule has 1 aliphatic carbocycles. The van der Waals surface area contributed by atoms with Crippen LogP contribution in [0.4, 0.5) is 16.4 Å². The number of benzene rings is 2. The van der Waals surface area contributed by atoms with Crippen molar-refractivity contribution in [2.75, 3.05) is 21.7 Å². The summed E-state index contributed by atoms with van der Waals surface area (Å²) in [5, 5.41) is 20.3. The number of para-hydroxylation sites is 1. The van der Waals surface area contributed by atoms with E-state index in [-0.39, 0.29) is 17.1 Å². The standard InChI is InChI=1S/C28H30N4OS3/c1-28(2,3)18-12-13-22-23(16-29)26(36-24(22)14-18)32-25(33)17-35-21-11-7-10-20(15-21)31-27(34)30-19-8-5-4-6-9-19/h4-11,15,18H,12-14,17H2,1-3H3,(H,32,33)(H2,30,31,34). The average molecular weight is 535 g/mol. The normalized spacial score (nSPS) is 14.9. The van der Waals surface area contributed by atoms with E-state index in [1.54, 1.807) is 11.3 Å². The van der Waals surface area contributed by atoms with Crippen molar-refractivity contribution < 1.29 is 4.79 Å². The third-order valence-corrected chi connectivity index (χ3v) is 8.72. The second-order valence-electron chi connectivity index (χ2n) is 9.94. The quantitative estimate of drug-likeness (QED) is 0.227. The van der Waals surface area contributed by atoms with E-state index in [2.05, 4.69) is 42.8 Å². The van der Waals surface area contributed by atoms with Crippen LogP contribution >= 0.6 is 35.3 Å². The lowest BCUT2D eigenvalue weighted by molar-refractivity contribution is -0.113. The predicted octanol–water partition coefficient (Wildman–Crippen LogP) is 7.31. The van der Waals surface area contributed by atoms with E-state index in [1.165, 1.54) is 16.6 Å². The summed E-state index contributed by atoms with van der Waals surface area (Å²) in [6, 6.07) is 19.9. The molecule has 2 aromatic carbocycles. The molecule has 1 unspecified atom stereocenters. The molecule has 1 aliphatic rings. The van der Waals surface area contributed by atoms with Gasteiger partial charge in [0.2, 0.25) is 5.91 Å². The van der Waals surface area contributed by atoms with Gasteiger partial charge in [-0.2, -0.15) is 5.26 Å². The fourth-order valence-electron chi connectivity index (χ4n) is 4.32. The SMILES string of the molecule is CC(C)(C)C1CCc2c(sc(NC(=O)CSc3cccc(NC(=S)Nc4ccccc4)c3)c2C#N)C1. The van der Waals surface area contributed by atoms with E-state index >= 15 is 0 Å². The molecule has 186 valence electrons. The number of nitrogens with zero attached hydrogens (tertiary/aromatic N) is 1. The van der Waals surface area contributed by atoms with Gasteiger partial charge in [-0.05, 0) is 78.7 Å². The molecule has 1 aromatic heterocycles. The summed E-state index contributed by atoms with van der Waals surface area (Å²) < 4.78 is 0. The lowest BCUT2D eigenvalue weighted by atomic mass is 9.72. The Labute approximate surface area is 226 Å². The topological polar surface area (TPSA) is 77.0 Å². The van der Waals surface area contributed by atoms with E-state index in [9.17, 15) is 10.1 Å². The molecule has 0 saturated heterocycles. The number of amides is 1. The molecule has 1 heterocycles. The summed E-state index contributed by atoms with van der Waals surface area (Å²) >= 11 is 8.43. The third-order valence-electron chi connectivity index (χ3n) is 6.35. The number of hydrogen-bond acceptors (Lipinski definition) is 5. The van der Waals surface area contributed by atoms with Crippen molar-refractivity contribution in [1.29, 1.82) is 5.26 Å². The Morgan fingerprint density at radius 1 is 1.11 bits per heavy atom. The van der Waals surface area contributed by atoms with Crippen LogP contribution in [0, 0.1) is 22.7 Å². The molecule has 5 nitrogen and oxygen atoms in total. The van der Waals surface area contributed by atoms with Gasteiger partial charge in [-0.15, -0.1) is 23.1 Å². The molecule has 1 amide bonds. The number of hydrogen-bond donors (Lipinski definition) is 3. The number of thiophene rings is 1. The van der Waals surface area contributed by atoms with Crippen molar-refractivity contribution in [1.82, 2.24) is 0 Å². The van der Waals surface area contributed by atoms with Gasteiger partial charge in [-0.3, -0.25) is 4.79 Å². The number of thioether (sulfide) groups is 1. The van der Waals surface area contributed by atoms with Gasteiger partial charge in [-0.1, -0.05) is 45.0 Å². The van der Waals surface area contributed by atoms with Gasteiger partial charge in [0.25, 0.3) is 0 Å². The highest BCUT2D eigenvalue weighted by Crippen LogP contribution is 2.44. The molecule has 0 bridgehead atoms. The maximum atomic E-state index is 12.8. The Morgan fingerprint density at radius 2 is 1.83 bits per heavy atom. The van der Waals surface area contributed by atoms with Crippen LogP contribution in [0.5, 0.6) is 0 Å². The zero-order valence-corrected chi connectivity index (χ0v) is 23.1. The molecule has 0 fully saturated rings. The molecular formula is C28H30N4OS3. The van der Waals surface area contributed by atoms with Crippen LogP contribution in [0.25, 0.3) is 0 Å². The number of anilines is 3. The summed E-state index contributed by atoms with van der Waals surface area (Å²) in [6.07, 6.45) is 2.96. The van der Waals surface area contributed by atoms with Crippen LogP contribution in [0.1, 0.15) is 43.2 Å². The van der Waals surface area contributed by atoms with Crippen LogP contribution in [0.15, 0.2) is 59.5 Å². The number of thiocarbonyl (C=S) groups is 1. The van der Waals surface area contributed by atoms with Crippen LogP contribution in [0.3, 0.4) is 0 Å². The van der Waals surface area contributed by atoms with E-state index < -0.39 is 0 Å². The van der Waals surface area contributed by atoms with E-state index in [0.29, 0.717) is 21.6 Å². The summed E-state index contributed by atoms with van der Waals surface area (Å²) in [5.74, 6) is 0.738. The van der Waals surface area contributed by atoms with Crippen LogP contribution < -0.4 is 16.0 Å². The Balaban J connectivity index is 1.34. The number of carbonyl (C=O) groups is 1. The number of carbonyl (C=O) groups excluding carboxylic acids is 1. The van der Waals surface area contributed by atoms with Gasteiger partial charge in [0.05, 0.1) is 11.3 Å². The van der Waals surface area contributed by atoms with Gasteiger partial charge in [0.15, 0.2) is 5.11 Å². The minimum Gasteiger partial charge on any atom is -0.332 e. The largest absolute Gasteiger partial charge is 0.332 e. The first-order valence-corrected chi connectivity index (χ1v) is 14.1. The van der Waals surface area contributed by atoms with Crippen LogP contribution in [0.2, 0.25) is 0 Å². The molecule has 0 radical (unpaired) electrons. The van der Waals surface area contributed by atoms with Gasteiger partial charge >= 0.3 is 0 Å². The van der Waals surface area contributed by atoms with E-state index in [1.807, 2.05) is 54.6 Å². The van der Waals surface area contributed by atoms with Gasteiger partial charge in [0.1, 0.15) is 11.1 Å². The average Bonchev–Trinajstić information content (AvgIpc) is 3.19. The van der Waals surface area contributed by atoms with Crippen LogP contribution in [-0.4, -0.2) is 16.8 Å². The lowest BCUT2D eigenvalue weighted by Crippen LogP contribution is -2.26. The molecule has 3 aromatic rings. The maximum absolute atomic E-state index is 12.8. The molecule has 3 N–H and O–H groups in total. The van der Waals surface area contributed by atoms with Crippen molar-refractivity contribution in [3.05, 3.63) is 70.6 Å². The van der Waals surface area contributed by atoms with Gasteiger partial charge < -0.3 is 16.0 Å². The summed E-state index contributed by atoms with van der Waals surface area (Å²) in [4.78, 5) is 15.0. The minimum absolute atomic E-state index is 0.109. The fraction of sp³-hybridized carbons (Fsp3) is 0.321. The van der Waals surface area contributed by atoms with Crippen molar-refractivity contribution in [2.24, 2.45) is 11.3 Å². The maximum Gasteiger partial charge on any atom is 0.235 e. The first-order valence-electron chi connectivity index (χ1n) is 11.9. The minimum atomic E-state index is -0.109. The summed E-state index contributed by atoms with van der Waals surface area (Å²) in [6.45, 7) is 6.83. The first-order chi connectivity index (χ1) is 17.2. The zero-order chi connectivity index (χ0) is 25.7. The van der Waals surface area contributed by atoms with Gasteiger partial charge in [-0.25, -0.2) is 0 Å². The second kappa shape index (κ2) is 11.5. The molecule has 0 spiro atoms. The van der Waals surface area contributed by atoms with Crippen molar-refractivity contribution in [2.45, 2.75) is 44.9 Å². The van der Waals surface area contributed by atoms with Gasteiger partial charge in [0, 0.05) is 21.1 Å². The third kappa shape index (κ3) is 6.67. The van der Waals surface area contributed by atoms with E-state index in [4.69, 9.17) is 12.2 Å². The van der Waals surface area contributed by atoms with E-state index in [0.717, 1.165) is 41.1 Å². The smallest absolute Gasteiger partial charge is 0.235 e. The number of rotatable bonds is 6. The highest BCUT2D eigenvalue weighted by molar-refractivity contribution is 8.00. The molecule has 8 heteroatoms. The summed E-state index contributed by atoms with van der Waals surface area (Å²) in [7, 11) is 0. The highest BCUT2D eigenvalue weighted by Gasteiger charge is 2.32. The van der Waals surface area contributed by atoms with Crippen molar-refractivity contribution in [3.8, 4) is 6.07 Å². The number of fused-ring (bicyclic) bond motifs is 1. The Bertz CT molecular complexity index is 1290. The molecule has 0 saturated carbocycles.